The Balaban J connectivity index is 1.57. The Morgan fingerprint density at radius 2 is 1.89 bits per heavy atom. The molecule has 2 aliphatic heterocycles. The van der Waals surface area contributed by atoms with Crippen LogP contribution in [-0.4, -0.2) is 64.0 Å². The highest BCUT2D eigenvalue weighted by Gasteiger charge is 2.54. The van der Waals surface area contributed by atoms with Gasteiger partial charge in [-0.2, -0.15) is 0 Å². The van der Waals surface area contributed by atoms with Crippen molar-refractivity contribution < 1.29 is 19.1 Å². The zero-order valence-corrected chi connectivity index (χ0v) is 20.9. The van der Waals surface area contributed by atoms with E-state index in [2.05, 4.69) is 10.3 Å². The Morgan fingerprint density at radius 1 is 1.14 bits per heavy atom. The molecule has 8 heteroatoms. The van der Waals surface area contributed by atoms with Crippen LogP contribution >= 0.6 is 0 Å². The summed E-state index contributed by atoms with van der Waals surface area (Å²) in [6.45, 7) is 9.02. The summed E-state index contributed by atoms with van der Waals surface area (Å²) >= 11 is 0. The van der Waals surface area contributed by atoms with Gasteiger partial charge in [-0.1, -0.05) is 44.5 Å². The van der Waals surface area contributed by atoms with Crippen molar-refractivity contribution in [2.45, 2.75) is 58.8 Å². The Hall–Kier alpha value is -3.26. The first kappa shape index (κ1) is 24.9. The molecule has 8 nitrogen and oxygen atoms in total. The van der Waals surface area contributed by atoms with Crippen molar-refractivity contribution in [2.24, 2.45) is 5.41 Å². The second-order valence-electron chi connectivity index (χ2n) is 10.4. The van der Waals surface area contributed by atoms with Crippen molar-refractivity contribution in [2.75, 3.05) is 19.7 Å². The minimum absolute atomic E-state index is 0.0765. The average Bonchev–Trinajstić information content (AvgIpc) is 3.20. The number of hydrogen-bond donors (Lipinski definition) is 1. The van der Waals surface area contributed by atoms with Crippen LogP contribution in [-0.2, 0) is 20.9 Å². The number of hydrogen-bond acceptors (Lipinski definition) is 5. The van der Waals surface area contributed by atoms with Gasteiger partial charge in [0.25, 0.3) is 5.91 Å². The number of aryl methyl sites for hydroxylation is 1. The molecule has 1 spiro atoms. The highest BCUT2D eigenvalue weighted by atomic mass is 16.5. The third-order valence-corrected chi connectivity index (χ3v) is 6.71. The van der Waals surface area contributed by atoms with Crippen molar-refractivity contribution in [1.29, 1.82) is 0 Å². The van der Waals surface area contributed by atoms with E-state index in [-0.39, 0.29) is 24.3 Å². The molecule has 35 heavy (non-hydrogen) atoms. The van der Waals surface area contributed by atoms with Gasteiger partial charge in [0, 0.05) is 55.8 Å². The predicted octanol–water partition coefficient (Wildman–Crippen LogP) is 2.91. The fraction of sp³-hybridized carbons (Fsp3) is 0.481. The third-order valence-electron chi connectivity index (χ3n) is 6.71. The zero-order chi connectivity index (χ0) is 25.2. The van der Waals surface area contributed by atoms with Crippen LogP contribution < -0.4 is 5.32 Å². The topological polar surface area (TPSA) is 91.8 Å². The molecule has 3 heterocycles. The van der Waals surface area contributed by atoms with E-state index in [1.807, 2.05) is 62.9 Å². The van der Waals surface area contributed by atoms with Crippen molar-refractivity contribution in [3.8, 4) is 0 Å². The summed E-state index contributed by atoms with van der Waals surface area (Å²) in [7, 11) is 0. The first-order valence-corrected chi connectivity index (χ1v) is 12.1. The maximum absolute atomic E-state index is 13.8. The Kier molecular flexibility index (Phi) is 6.94. The van der Waals surface area contributed by atoms with Crippen LogP contribution in [0.15, 0.2) is 48.8 Å². The van der Waals surface area contributed by atoms with E-state index in [0.29, 0.717) is 38.0 Å². The molecule has 0 saturated carbocycles. The lowest BCUT2D eigenvalue weighted by atomic mass is 9.91. The normalized spacial score (nSPS) is 19.6. The number of nitrogens with one attached hydrogen (secondary N) is 1. The van der Waals surface area contributed by atoms with Gasteiger partial charge in [0.1, 0.15) is 11.8 Å². The van der Waals surface area contributed by atoms with Gasteiger partial charge in [0.05, 0.1) is 6.61 Å². The van der Waals surface area contributed by atoms with Crippen LogP contribution in [0.1, 0.15) is 55.1 Å². The number of rotatable bonds is 4. The maximum atomic E-state index is 13.8. The number of carbonyl (C=O) groups excluding carboxylic acids is 3. The van der Waals surface area contributed by atoms with E-state index in [9.17, 15) is 14.4 Å². The average molecular weight is 479 g/mol. The van der Waals surface area contributed by atoms with Gasteiger partial charge >= 0.3 is 0 Å². The summed E-state index contributed by atoms with van der Waals surface area (Å²) in [6.07, 6.45) is 4.29. The van der Waals surface area contributed by atoms with E-state index < -0.39 is 17.2 Å². The molecule has 2 saturated heterocycles. The molecule has 0 radical (unpaired) electrons. The van der Waals surface area contributed by atoms with Crippen LogP contribution in [0.5, 0.6) is 0 Å². The van der Waals surface area contributed by atoms with Crippen molar-refractivity contribution in [3.63, 3.8) is 0 Å². The molecule has 0 bridgehead atoms. The number of aromatic nitrogens is 1. The van der Waals surface area contributed by atoms with Gasteiger partial charge in [-0.15, -0.1) is 0 Å². The minimum Gasteiger partial charge on any atom is -0.353 e. The number of nitrogens with zero attached hydrogens (tertiary/aromatic N) is 3. The molecule has 2 aromatic rings. The predicted molar refractivity (Wildman–Crippen MR) is 131 cm³/mol. The molecular formula is C27H34N4O4. The highest BCUT2D eigenvalue weighted by Crippen LogP contribution is 2.39. The summed E-state index contributed by atoms with van der Waals surface area (Å²) in [5.41, 5.74) is 0.958. The van der Waals surface area contributed by atoms with Crippen molar-refractivity contribution in [3.05, 3.63) is 65.5 Å². The Bertz CT molecular complexity index is 1090. The van der Waals surface area contributed by atoms with E-state index >= 15 is 0 Å². The molecule has 1 aromatic carbocycles. The molecule has 1 atom stereocenters. The number of ether oxygens (including phenoxy) is 1. The number of benzene rings is 1. The largest absolute Gasteiger partial charge is 0.353 e. The first-order valence-electron chi connectivity index (χ1n) is 12.1. The summed E-state index contributed by atoms with van der Waals surface area (Å²) in [5.74, 6) is -0.420. The highest BCUT2D eigenvalue weighted by molar-refractivity contribution is 5.98. The smallest absolute Gasteiger partial charge is 0.256 e. The van der Waals surface area contributed by atoms with Gasteiger partial charge in [-0.05, 0) is 30.7 Å². The quantitative estimate of drug-likeness (QED) is 0.730. The summed E-state index contributed by atoms with van der Waals surface area (Å²) in [5, 5.41) is 2.94. The summed E-state index contributed by atoms with van der Waals surface area (Å²) in [6, 6.07) is 10.3. The SMILES string of the molecule is Cc1cccc(C(=O)N2[C@@H](C(=O)NCc3cccnc3)COC23CCN(C(=O)C(C)(C)C)CC3)c1. The van der Waals surface area contributed by atoms with Gasteiger partial charge in [-0.25, -0.2) is 0 Å². The second kappa shape index (κ2) is 9.77. The number of likely N-dealkylation sites (tertiary alicyclic amines) is 1. The van der Waals surface area contributed by atoms with Gasteiger partial charge < -0.3 is 15.0 Å². The molecule has 1 N–H and O–H groups in total. The number of pyridine rings is 1. The molecule has 0 aliphatic carbocycles. The van der Waals surface area contributed by atoms with Crippen molar-refractivity contribution >= 4 is 17.7 Å². The van der Waals surface area contributed by atoms with Crippen LogP contribution in [0.3, 0.4) is 0 Å². The fourth-order valence-corrected chi connectivity index (χ4v) is 4.83. The van der Waals surface area contributed by atoms with E-state index in [0.717, 1.165) is 11.1 Å². The van der Waals surface area contributed by atoms with E-state index in [4.69, 9.17) is 4.74 Å². The van der Waals surface area contributed by atoms with Crippen LogP contribution in [0.2, 0.25) is 0 Å². The standard InChI is InChI=1S/C27H34N4O4/c1-19-7-5-9-21(15-19)24(33)31-22(23(32)29-17-20-8-6-12-28-16-20)18-35-27(31)10-13-30(14-11-27)25(34)26(2,3)4/h5-9,12,15-16,22H,10-11,13-14,17-18H2,1-4H3,(H,29,32)/t22-/m1/s1. The lowest BCUT2D eigenvalue weighted by Crippen LogP contribution is -2.60. The summed E-state index contributed by atoms with van der Waals surface area (Å²) in [4.78, 5) is 47.5. The number of carbonyl (C=O) groups is 3. The lowest BCUT2D eigenvalue weighted by molar-refractivity contribution is -0.150. The van der Waals surface area contributed by atoms with Gasteiger partial charge in [0.15, 0.2) is 0 Å². The van der Waals surface area contributed by atoms with E-state index in [1.165, 1.54) is 0 Å². The molecular weight excluding hydrogens is 444 g/mol. The molecule has 3 amide bonds. The number of amides is 3. The minimum atomic E-state index is -0.925. The van der Waals surface area contributed by atoms with Crippen molar-refractivity contribution in [1.82, 2.24) is 20.1 Å². The molecule has 1 aromatic heterocycles. The third kappa shape index (κ3) is 5.22. The zero-order valence-electron chi connectivity index (χ0n) is 20.9. The molecule has 186 valence electrons. The first-order chi connectivity index (χ1) is 16.6. The Morgan fingerprint density at radius 3 is 2.51 bits per heavy atom. The second-order valence-corrected chi connectivity index (χ2v) is 10.4. The monoisotopic (exact) mass is 478 g/mol. The van der Waals surface area contributed by atoms with Gasteiger partial charge in [0.2, 0.25) is 11.8 Å². The number of piperidine rings is 1. The lowest BCUT2D eigenvalue weighted by Gasteiger charge is -2.45. The van der Waals surface area contributed by atoms with Crippen LogP contribution in [0.4, 0.5) is 0 Å². The molecule has 2 fully saturated rings. The maximum Gasteiger partial charge on any atom is 0.256 e. The Labute approximate surface area is 206 Å². The fourth-order valence-electron chi connectivity index (χ4n) is 4.83. The molecule has 4 rings (SSSR count). The van der Waals surface area contributed by atoms with Crippen LogP contribution in [0, 0.1) is 12.3 Å². The molecule has 2 aliphatic rings. The van der Waals surface area contributed by atoms with Gasteiger partial charge in [-0.3, -0.25) is 24.3 Å². The summed E-state index contributed by atoms with van der Waals surface area (Å²) < 4.78 is 6.26. The van der Waals surface area contributed by atoms with E-state index in [1.54, 1.807) is 23.4 Å². The van der Waals surface area contributed by atoms with Crippen LogP contribution in [0.25, 0.3) is 0 Å². The molecule has 0 unspecified atom stereocenters.